The van der Waals surface area contributed by atoms with Gasteiger partial charge in [-0.15, -0.1) is 0 Å². The number of fused-ring (bicyclic) bond motifs is 1. The smallest absolute Gasteiger partial charge is 0.228 e. The van der Waals surface area contributed by atoms with E-state index < -0.39 is 0 Å². The summed E-state index contributed by atoms with van der Waals surface area (Å²) in [4.78, 5) is 29.5. The van der Waals surface area contributed by atoms with Gasteiger partial charge in [0.25, 0.3) is 0 Å². The average Bonchev–Trinajstić information content (AvgIpc) is 2.82. The maximum absolute atomic E-state index is 13.2. The number of rotatable bonds is 7. The van der Waals surface area contributed by atoms with E-state index in [1.165, 1.54) is 0 Å². The molecule has 7 heteroatoms. The summed E-state index contributed by atoms with van der Waals surface area (Å²) in [7, 11) is 3.99. The van der Waals surface area contributed by atoms with Crippen LogP contribution in [-0.4, -0.2) is 72.7 Å². The maximum Gasteiger partial charge on any atom is 0.228 e. The minimum absolute atomic E-state index is 0.0634. The van der Waals surface area contributed by atoms with Gasteiger partial charge in [-0.25, -0.2) is 0 Å². The zero-order valence-electron chi connectivity index (χ0n) is 20.0. The lowest BCUT2D eigenvalue weighted by molar-refractivity contribution is -0.134. The molecule has 7 nitrogen and oxygen atoms in total. The third kappa shape index (κ3) is 6.79. The molecule has 2 amide bonds. The first kappa shape index (κ1) is 24.7. The maximum atomic E-state index is 13.2. The molecular weight excluding hydrogens is 418 g/mol. The van der Waals surface area contributed by atoms with Crippen molar-refractivity contribution in [1.82, 2.24) is 9.80 Å². The molecule has 2 aromatic carbocycles. The van der Waals surface area contributed by atoms with Crippen LogP contribution in [0.15, 0.2) is 48.5 Å². The second-order valence-electron chi connectivity index (χ2n) is 9.18. The lowest BCUT2D eigenvalue weighted by Crippen LogP contribution is -2.47. The molecule has 2 aromatic rings. The van der Waals surface area contributed by atoms with E-state index in [4.69, 9.17) is 4.74 Å². The van der Waals surface area contributed by atoms with Crippen LogP contribution in [-0.2, 0) is 22.4 Å². The van der Waals surface area contributed by atoms with Crippen LogP contribution in [0, 0.1) is 5.92 Å². The summed E-state index contributed by atoms with van der Waals surface area (Å²) >= 11 is 0. The minimum atomic E-state index is -0.282. The zero-order valence-corrected chi connectivity index (χ0v) is 20.0. The SMILES string of the molecule is C[C@@H]1CN([C@@H](C)CO)C(=O)Cc2cc(NC(=O)Cc3ccccc3)ccc2O[C@H]1CN(C)C. The monoisotopic (exact) mass is 453 g/mol. The Hall–Kier alpha value is -2.90. The number of likely N-dealkylation sites (N-methyl/N-ethyl adjacent to an activating group) is 1. The molecule has 1 aliphatic heterocycles. The summed E-state index contributed by atoms with van der Waals surface area (Å²) in [6.45, 7) is 5.03. The van der Waals surface area contributed by atoms with Gasteiger partial charge in [0.1, 0.15) is 11.9 Å². The Balaban J connectivity index is 1.86. The molecule has 0 saturated heterocycles. The highest BCUT2D eigenvalue weighted by Gasteiger charge is 2.30. The van der Waals surface area contributed by atoms with Crippen LogP contribution in [0.3, 0.4) is 0 Å². The van der Waals surface area contributed by atoms with Crippen LogP contribution < -0.4 is 10.1 Å². The van der Waals surface area contributed by atoms with E-state index in [0.717, 1.165) is 11.1 Å². The first-order chi connectivity index (χ1) is 15.8. The molecule has 178 valence electrons. The number of carbonyl (C=O) groups excluding carboxylic acids is 2. The Morgan fingerprint density at radius 2 is 1.97 bits per heavy atom. The normalized spacial score (nSPS) is 19.7. The summed E-state index contributed by atoms with van der Waals surface area (Å²) < 4.78 is 6.41. The van der Waals surface area contributed by atoms with Gasteiger partial charge in [-0.3, -0.25) is 9.59 Å². The number of ether oxygens (including phenoxy) is 1. The van der Waals surface area contributed by atoms with Gasteiger partial charge >= 0.3 is 0 Å². The van der Waals surface area contributed by atoms with Crippen molar-refractivity contribution in [2.75, 3.05) is 39.1 Å². The molecule has 0 aliphatic carbocycles. The van der Waals surface area contributed by atoms with Gasteiger partial charge in [0.2, 0.25) is 11.8 Å². The fourth-order valence-electron chi connectivity index (χ4n) is 4.07. The Kier molecular flexibility index (Phi) is 8.47. The molecule has 3 rings (SSSR count). The fraction of sp³-hybridized carbons (Fsp3) is 0.462. The predicted octanol–water partition coefficient (Wildman–Crippen LogP) is 2.58. The van der Waals surface area contributed by atoms with Crippen LogP contribution in [0.4, 0.5) is 5.69 Å². The van der Waals surface area contributed by atoms with Crippen molar-refractivity contribution in [1.29, 1.82) is 0 Å². The van der Waals surface area contributed by atoms with Crippen LogP contribution >= 0.6 is 0 Å². The number of benzene rings is 2. The summed E-state index contributed by atoms with van der Waals surface area (Å²) in [6.07, 6.45) is 0.290. The number of hydrogen-bond donors (Lipinski definition) is 2. The molecule has 0 unspecified atom stereocenters. The van der Waals surface area contributed by atoms with Crippen molar-refractivity contribution in [2.45, 2.75) is 38.8 Å². The first-order valence-corrected chi connectivity index (χ1v) is 11.4. The Morgan fingerprint density at radius 1 is 1.24 bits per heavy atom. The second kappa shape index (κ2) is 11.3. The third-order valence-electron chi connectivity index (χ3n) is 5.95. The van der Waals surface area contributed by atoms with E-state index in [9.17, 15) is 14.7 Å². The molecular formula is C26H35N3O4. The number of aliphatic hydroxyl groups excluding tert-OH is 1. The predicted molar refractivity (Wildman–Crippen MR) is 129 cm³/mol. The Bertz CT molecular complexity index is 948. The van der Waals surface area contributed by atoms with Crippen molar-refractivity contribution >= 4 is 17.5 Å². The fourth-order valence-corrected chi connectivity index (χ4v) is 4.07. The van der Waals surface area contributed by atoms with Crippen molar-refractivity contribution in [3.8, 4) is 5.75 Å². The molecule has 3 atom stereocenters. The largest absolute Gasteiger partial charge is 0.488 e. The number of aliphatic hydroxyl groups is 1. The van der Waals surface area contributed by atoms with Crippen LogP contribution in [0.2, 0.25) is 0 Å². The number of anilines is 1. The highest BCUT2D eigenvalue weighted by Crippen LogP contribution is 2.29. The van der Waals surface area contributed by atoms with E-state index in [1.54, 1.807) is 4.90 Å². The van der Waals surface area contributed by atoms with Crippen LogP contribution in [0.1, 0.15) is 25.0 Å². The highest BCUT2D eigenvalue weighted by atomic mass is 16.5. The number of carbonyl (C=O) groups is 2. The van der Waals surface area contributed by atoms with Crippen molar-refractivity contribution < 1.29 is 19.4 Å². The van der Waals surface area contributed by atoms with Gasteiger partial charge < -0.3 is 25.0 Å². The van der Waals surface area contributed by atoms with Crippen molar-refractivity contribution in [3.63, 3.8) is 0 Å². The van der Waals surface area contributed by atoms with Gasteiger partial charge in [0.15, 0.2) is 0 Å². The van der Waals surface area contributed by atoms with E-state index >= 15 is 0 Å². The van der Waals surface area contributed by atoms with Crippen LogP contribution in [0.25, 0.3) is 0 Å². The summed E-state index contributed by atoms with van der Waals surface area (Å²) in [5.74, 6) is 0.542. The lowest BCUT2D eigenvalue weighted by Gasteiger charge is -2.33. The van der Waals surface area contributed by atoms with E-state index in [0.29, 0.717) is 24.5 Å². The summed E-state index contributed by atoms with van der Waals surface area (Å²) in [5, 5.41) is 12.7. The van der Waals surface area contributed by atoms with Gasteiger partial charge in [0.05, 0.1) is 25.5 Å². The minimum Gasteiger partial charge on any atom is -0.488 e. The quantitative estimate of drug-likeness (QED) is 0.674. The molecule has 0 saturated carbocycles. The molecule has 1 aliphatic rings. The van der Waals surface area contributed by atoms with Gasteiger partial charge in [-0.2, -0.15) is 0 Å². The standard InChI is InChI=1S/C26H35N3O4/c1-18-15-29(19(2)17-30)26(32)14-21-13-22(10-11-23(21)33-24(18)16-28(3)4)27-25(31)12-20-8-6-5-7-9-20/h5-11,13,18-19,24,30H,12,14-17H2,1-4H3,(H,27,31)/t18-,19+,24+/m1/s1. The number of nitrogens with one attached hydrogen (secondary N) is 1. The molecule has 0 bridgehead atoms. The van der Waals surface area contributed by atoms with E-state index in [-0.39, 0.29) is 49.3 Å². The van der Waals surface area contributed by atoms with Crippen molar-refractivity contribution in [2.24, 2.45) is 5.92 Å². The Morgan fingerprint density at radius 3 is 2.64 bits per heavy atom. The van der Waals surface area contributed by atoms with Crippen molar-refractivity contribution in [3.05, 3.63) is 59.7 Å². The molecule has 1 heterocycles. The van der Waals surface area contributed by atoms with E-state index in [1.807, 2.05) is 69.6 Å². The zero-order chi connectivity index (χ0) is 24.0. The van der Waals surface area contributed by atoms with Gasteiger partial charge in [-0.05, 0) is 44.8 Å². The van der Waals surface area contributed by atoms with Gasteiger partial charge in [-0.1, -0.05) is 37.3 Å². The second-order valence-corrected chi connectivity index (χ2v) is 9.18. The molecule has 2 N–H and O–H groups in total. The summed E-state index contributed by atoms with van der Waals surface area (Å²) in [5.41, 5.74) is 2.29. The summed E-state index contributed by atoms with van der Waals surface area (Å²) in [6, 6.07) is 14.8. The first-order valence-electron chi connectivity index (χ1n) is 11.4. The third-order valence-corrected chi connectivity index (χ3v) is 5.95. The molecule has 0 radical (unpaired) electrons. The Labute approximate surface area is 196 Å². The molecule has 0 fully saturated rings. The van der Waals surface area contributed by atoms with Gasteiger partial charge in [0, 0.05) is 30.3 Å². The number of amides is 2. The topological polar surface area (TPSA) is 82.1 Å². The molecule has 33 heavy (non-hydrogen) atoms. The molecule has 0 spiro atoms. The number of hydrogen-bond acceptors (Lipinski definition) is 5. The number of nitrogens with zero attached hydrogens (tertiary/aromatic N) is 2. The molecule has 0 aromatic heterocycles. The van der Waals surface area contributed by atoms with E-state index in [2.05, 4.69) is 17.1 Å². The lowest BCUT2D eigenvalue weighted by atomic mass is 10.0. The van der Waals surface area contributed by atoms with Crippen LogP contribution in [0.5, 0.6) is 5.75 Å². The average molecular weight is 454 g/mol. The highest BCUT2D eigenvalue weighted by molar-refractivity contribution is 5.92.